The SMILES string of the molecule is CC1CCc2c(sc3nc(SCC(=O)NC(=O)NC4CCCC4)nc(N)c23)C1. The Morgan fingerprint density at radius 2 is 2.04 bits per heavy atom. The number of imide groups is 1. The van der Waals surface area contributed by atoms with E-state index in [4.69, 9.17) is 5.73 Å². The largest absolute Gasteiger partial charge is 0.383 e. The highest BCUT2D eigenvalue weighted by atomic mass is 32.2. The summed E-state index contributed by atoms with van der Waals surface area (Å²) in [7, 11) is 0. The number of hydrogen-bond acceptors (Lipinski definition) is 7. The second kappa shape index (κ2) is 8.24. The maximum absolute atomic E-state index is 12.1. The summed E-state index contributed by atoms with van der Waals surface area (Å²) in [4.78, 5) is 35.2. The van der Waals surface area contributed by atoms with Gasteiger partial charge in [-0.1, -0.05) is 31.5 Å². The molecule has 4 rings (SSSR count). The zero-order valence-electron chi connectivity index (χ0n) is 15.9. The van der Waals surface area contributed by atoms with E-state index in [-0.39, 0.29) is 17.7 Å². The summed E-state index contributed by atoms with van der Waals surface area (Å²) in [6.07, 6.45) is 7.46. The number of amides is 3. The third-order valence-electron chi connectivity index (χ3n) is 5.44. The summed E-state index contributed by atoms with van der Waals surface area (Å²) in [6.45, 7) is 2.27. The minimum atomic E-state index is -0.423. The van der Waals surface area contributed by atoms with E-state index in [0.29, 0.717) is 16.9 Å². The number of urea groups is 1. The first kappa shape index (κ1) is 19.4. The Bertz CT molecular complexity index is 907. The molecule has 1 saturated carbocycles. The third kappa shape index (κ3) is 4.25. The number of nitrogens with two attached hydrogens (primary N) is 1. The number of carbonyl (C=O) groups is 2. The number of aromatic nitrogens is 2. The van der Waals surface area contributed by atoms with Crippen LogP contribution in [0.15, 0.2) is 5.16 Å². The first-order chi connectivity index (χ1) is 13.5. The fourth-order valence-corrected chi connectivity index (χ4v) is 6.10. The van der Waals surface area contributed by atoms with Crippen molar-refractivity contribution < 1.29 is 9.59 Å². The zero-order chi connectivity index (χ0) is 19.7. The zero-order valence-corrected chi connectivity index (χ0v) is 17.5. The minimum Gasteiger partial charge on any atom is -0.383 e. The fourth-order valence-electron chi connectivity index (χ4n) is 4.00. The Balaban J connectivity index is 1.38. The van der Waals surface area contributed by atoms with Crippen LogP contribution in [-0.2, 0) is 17.6 Å². The Morgan fingerprint density at radius 3 is 2.82 bits per heavy atom. The number of fused-ring (bicyclic) bond motifs is 3. The number of nitrogen functional groups attached to an aromatic ring is 1. The predicted octanol–water partition coefficient (Wildman–Crippen LogP) is 3.26. The maximum Gasteiger partial charge on any atom is 0.321 e. The molecule has 2 aliphatic carbocycles. The summed E-state index contributed by atoms with van der Waals surface area (Å²) < 4.78 is 0. The van der Waals surface area contributed by atoms with E-state index < -0.39 is 6.03 Å². The van der Waals surface area contributed by atoms with Crippen molar-refractivity contribution >= 4 is 51.1 Å². The molecule has 2 heterocycles. The average molecular weight is 420 g/mol. The molecule has 0 saturated heterocycles. The fraction of sp³-hybridized carbons (Fsp3) is 0.579. The number of carbonyl (C=O) groups excluding carboxylic acids is 2. The summed E-state index contributed by atoms with van der Waals surface area (Å²) in [5.74, 6) is 0.884. The number of nitrogens with zero attached hydrogens (tertiary/aromatic N) is 2. The highest BCUT2D eigenvalue weighted by molar-refractivity contribution is 7.99. The number of anilines is 1. The van der Waals surface area contributed by atoms with Crippen LogP contribution in [0.3, 0.4) is 0 Å². The number of aryl methyl sites for hydroxylation is 1. The molecular weight excluding hydrogens is 394 g/mol. The van der Waals surface area contributed by atoms with Gasteiger partial charge in [0.2, 0.25) is 5.91 Å². The van der Waals surface area contributed by atoms with E-state index >= 15 is 0 Å². The van der Waals surface area contributed by atoms with Crippen LogP contribution >= 0.6 is 23.1 Å². The van der Waals surface area contributed by atoms with Crippen LogP contribution in [-0.4, -0.2) is 33.7 Å². The van der Waals surface area contributed by atoms with Crippen molar-refractivity contribution in [2.45, 2.75) is 63.1 Å². The van der Waals surface area contributed by atoms with Crippen LogP contribution < -0.4 is 16.4 Å². The van der Waals surface area contributed by atoms with Crippen molar-refractivity contribution in [1.29, 1.82) is 0 Å². The standard InChI is InChI=1S/C19H25N5O2S2/c1-10-6-7-12-13(8-10)28-17-15(12)16(20)23-19(24-17)27-9-14(25)22-18(26)21-11-4-2-3-5-11/h10-11H,2-9H2,1H3,(H2,20,23,24)(H2,21,22,25,26). The Morgan fingerprint density at radius 1 is 1.25 bits per heavy atom. The molecule has 0 aliphatic heterocycles. The van der Waals surface area contributed by atoms with E-state index in [1.54, 1.807) is 11.3 Å². The van der Waals surface area contributed by atoms with Crippen molar-refractivity contribution in [3.8, 4) is 0 Å². The molecule has 4 N–H and O–H groups in total. The van der Waals surface area contributed by atoms with E-state index in [1.165, 1.54) is 22.2 Å². The van der Waals surface area contributed by atoms with Gasteiger partial charge >= 0.3 is 6.03 Å². The van der Waals surface area contributed by atoms with Gasteiger partial charge in [0.25, 0.3) is 0 Å². The molecule has 3 amide bonds. The van der Waals surface area contributed by atoms with E-state index in [2.05, 4.69) is 27.5 Å². The number of thiophene rings is 1. The van der Waals surface area contributed by atoms with Crippen LogP contribution in [0.2, 0.25) is 0 Å². The van der Waals surface area contributed by atoms with Crippen molar-refractivity contribution in [2.75, 3.05) is 11.5 Å². The molecule has 2 aromatic heterocycles. The number of nitrogens with one attached hydrogen (secondary N) is 2. The molecule has 2 aliphatic rings. The van der Waals surface area contributed by atoms with E-state index in [0.717, 1.165) is 55.2 Å². The van der Waals surface area contributed by atoms with Crippen molar-refractivity contribution in [3.63, 3.8) is 0 Å². The summed E-state index contributed by atoms with van der Waals surface area (Å²) in [6, 6.07) is -0.244. The maximum atomic E-state index is 12.1. The molecule has 0 aromatic carbocycles. The molecule has 1 fully saturated rings. The molecule has 1 unspecified atom stereocenters. The molecule has 9 heteroatoms. The van der Waals surface area contributed by atoms with Gasteiger partial charge < -0.3 is 11.1 Å². The predicted molar refractivity (Wildman–Crippen MR) is 113 cm³/mol. The molecule has 150 valence electrons. The Hall–Kier alpha value is -1.87. The Labute approximate surface area is 172 Å². The summed E-state index contributed by atoms with van der Waals surface area (Å²) >= 11 is 2.89. The topological polar surface area (TPSA) is 110 Å². The Kier molecular flexibility index (Phi) is 5.73. The van der Waals surface area contributed by atoms with Gasteiger partial charge in [0.1, 0.15) is 10.6 Å². The van der Waals surface area contributed by atoms with Gasteiger partial charge in [-0.15, -0.1) is 11.3 Å². The van der Waals surface area contributed by atoms with Crippen molar-refractivity contribution in [2.24, 2.45) is 5.92 Å². The van der Waals surface area contributed by atoms with Gasteiger partial charge in [-0.25, -0.2) is 14.8 Å². The first-order valence-electron chi connectivity index (χ1n) is 9.80. The lowest BCUT2D eigenvalue weighted by molar-refractivity contribution is -0.117. The lowest BCUT2D eigenvalue weighted by Crippen LogP contribution is -2.44. The normalized spacial score (nSPS) is 19.5. The second-order valence-electron chi connectivity index (χ2n) is 7.72. The summed E-state index contributed by atoms with van der Waals surface area (Å²) in [5, 5.41) is 6.68. The second-order valence-corrected chi connectivity index (χ2v) is 9.74. The quantitative estimate of drug-likeness (QED) is 0.518. The van der Waals surface area contributed by atoms with Gasteiger partial charge in [0.15, 0.2) is 5.16 Å². The van der Waals surface area contributed by atoms with Gasteiger partial charge in [-0.3, -0.25) is 10.1 Å². The average Bonchev–Trinajstić information content (AvgIpc) is 3.26. The number of thioether (sulfide) groups is 1. The van der Waals surface area contributed by atoms with Crippen molar-refractivity contribution in [3.05, 3.63) is 10.4 Å². The minimum absolute atomic E-state index is 0.0746. The molecule has 1 atom stereocenters. The summed E-state index contributed by atoms with van der Waals surface area (Å²) in [5.41, 5.74) is 7.52. The molecule has 0 radical (unpaired) electrons. The van der Waals surface area contributed by atoms with Crippen molar-refractivity contribution in [1.82, 2.24) is 20.6 Å². The molecule has 2 aromatic rings. The smallest absolute Gasteiger partial charge is 0.321 e. The third-order valence-corrected chi connectivity index (χ3v) is 7.43. The molecule has 28 heavy (non-hydrogen) atoms. The highest BCUT2D eigenvalue weighted by Gasteiger charge is 2.23. The van der Waals surface area contributed by atoms with Gasteiger partial charge in [0, 0.05) is 10.9 Å². The van der Waals surface area contributed by atoms with Crippen LogP contribution in [0.25, 0.3) is 10.2 Å². The molecular formula is C19H25N5O2S2. The van der Waals surface area contributed by atoms with Crippen LogP contribution in [0.5, 0.6) is 0 Å². The lowest BCUT2D eigenvalue weighted by atomic mass is 9.89. The lowest BCUT2D eigenvalue weighted by Gasteiger charge is -2.17. The monoisotopic (exact) mass is 419 g/mol. The van der Waals surface area contributed by atoms with Crippen LogP contribution in [0.1, 0.15) is 49.5 Å². The van der Waals surface area contributed by atoms with E-state index in [9.17, 15) is 9.59 Å². The number of hydrogen-bond donors (Lipinski definition) is 3. The van der Waals surface area contributed by atoms with Gasteiger partial charge in [-0.2, -0.15) is 0 Å². The van der Waals surface area contributed by atoms with E-state index in [1.807, 2.05) is 0 Å². The van der Waals surface area contributed by atoms with Crippen LogP contribution in [0.4, 0.5) is 10.6 Å². The molecule has 0 spiro atoms. The molecule has 7 nitrogen and oxygen atoms in total. The van der Waals surface area contributed by atoms with Gasteiger partial charge in [-0.05, 0) is 43.6 Å². The molecule has 0 bridgehead atoms. The highest BCUT2D eigenvalue weighted by Crippen LogP contribution is 2.39. The first-order valence-corrected chi connectivity index (χ1v) is 11.6. The van der Waals surface area contributed by atoms with Crippen LogP contribution in [0, 0.1) is 5.92 Å². The van der Waals surface area contributed by atoms with Gasteiger partial charge in [0.05, 0.1) is 11.1 Å². The number of rotatable bonds is 4.